The van der Waals surface area contributed by atoms with E-state index in [0.29, 0.717) is 23.6 Å². The van der Waals surface area contributed by atoms with Gasteiger partial charge in [0, 0.05) is 18.5 Å². The van der Waals surface area contributed by atoms with Crippen molar-refractivity contribution in [1.29, 1.82) is 0 Å². The lowest BCUT2D eigenvalue weighted by molar-refractivity contribution is -0.121. The van der Waals surface area contributed by atoms with Crippen molar-refractivity contribution in [2.45, 2.75) is 37.1 Å². The maximum atomic E-state index is 13.2. The average Bonchev–Trinajstić information content (AvgIpc) is 2.73. The SMILES string of the molecule is CCCCNC(=O)CC(NS(=O)(=O)c1ccc(F)cc1)c1cccc(OC)c1OC. The molecule has 0 fully saturated rings. The first-order chi connectivity index (χ1) is 14.3. The molecule has 0 heterocycles. The number of hydrogen-bond donors (Lipinski definition) is 2. The van der Waals surface area contributed by atoms with Crippen LogP contribution in [0.3, 0.4) is 0 Å². The number of unbranched alkanes of at least 4 members (excludes halogenated alkanes) is 1. The molecule has 9 heteroatoms. The van der Waals surface area contributed by atoms with Crippen molar-refractivity contribution in [2.24, 2.45) is 0 Å². The number of sulfonamides is 1. The second-order valence-electron chi connectivity index (χ2n) is 6.62. The Morgan fingerprint density at radius 2 is 1.80 bits per heavy atom. The number of benzene rings is 2. The van der Waals surface area contributed by atoms with Gasteiger partial charge in [0.15, 0.2) is 11.5 Å². The molecule has 0 aromatic heterocycles. The zero-order chi connectivity index (χ0) is 22.1. The third-order valence-corrected chi connectivity index (χ3v) is 5.96. The van der Waals surface area contributed by atoms with E-state index in [1.807, 2.05) is 6.92 Å². The number of methoxy groups -OCH3 is 2. The van der Waals surface area contributed by atoms with Gasteiger partial charge in [-0.15, -0.1) is 0 Å². The molecule has 2 aromatic carbocycles. The summed E-state index contributed by atoms with van der Waals surface area (Å²) in [6.07, 6.45) is 1.60. The lowest BCUT2D eigenvalue weighted by atomic mass is 10.0. The molecule has 2 aromatic rings. The maximum absolute atomic E-state index is 13.2. The van der Waals surface area contributed by atoms with Crippen LogP contribution in [-0.2, 0) is 14.8 Å². The molecule has 0 saturated carbocycles. The van der Waals surface area contributed by atoms with Gasteiger partial charge >= 0.3 is 0 Å². The molecule has 0 aliphatic carbocycles. The van der Waals surface area contributed by atoms with Gasteiger partial charge in [-0.05, 0) is 36.8 Å². The Morgan fingerprint density at radius 1 is 1.10 bits per heavy atom. The molecule has 30 heavy (non-hydrogen) atoms. The summed E-state index contributed by atoms with van der Waals surface area (Å²) in [5, 5.41) is 2.79. The van der Waals surface area contributed by atoms with Crippen molar-refractivity contribution in [2.75, 3.05) is 20.8 Å². The summed E-state index contributed by atoms with van der Waals surface area (Å²) in [5.41, 5.74) is 0.452. The van der Waals surface area contributed by atoms with Gasteiger partial charge < -0.3 is 14.8 Å². The van der Waals surface area contributed by atoms with Crippen LogP contribution < -0.4 is 19.5 Å². The van der Waals surface area contributed by atoms with Crippen LogP contribution in [0.4, 0.5) is 4.39 Å². The molecular weight excluding hydrogens is 411 g/mol. The highest BCUT2D eigenvalue weighted by molar-refractivity contribution is 7.89. The average molecular weight is 439 g/mol. The predicted octanol–water partition coefficient (Wildman–Crippen LogP) is 3.17. The van der Waals surface area contributed by atoms with Crippen LogP contribution in [0.2, 0.25) is 0 Å². The first kappa shape index (κ1) is 23.6. The standard InChI is InChI=1S/C21H27FN2O5S/c1-4-5-13-23-20(25)14-18(17-7-6-8-19(28-2)21(17)29-3)24-30(26,27)16-11-9-15(22)10-12-16/h6-12,18,24H,4-5,13-14H2,1-3H3,(H,23,25). The van der Waals surface area contributed by atoms with Gasteiger partial charge in [-0.3, -0.25) is 4.79 Å². The molecule has 0 aliphatic rings. The van der Waals surface area contributed by atoms with Gasteiger partial charge in [0.05, 0.1) is 25.2 Å². The van der Waals surface area contributed by atoms with Crippen molar-refractivity contribution in [3.63, 3.8) is 0 Å². The lowest BCUT2D eigenvalue weighted by Gasteiger charge is -2.22. The lowest BCUT2D eigenvalue weighted by Crippen LogP contribution is -2.34. The summed E-state index contributed by atoms with van der Waals surface area (Å²) in [7, 11) is -1.13. The number of para-hydroxylation sites is 1. The van der Waals surface area contributed by atoms with Crippen LogP contribution in [0, 0.1) is 5.82 Å². The summed E-state index contributed by atoms with van der Waals surface area (Å²) in [6, 6.07) is 8.56. The Labute approximate surface area is 176 Å². The normalized spacial score (nSPS) is 12.3. The van der Waals surface area contributed by atoms with Crippen LogP contribution in [0.5, 0.6) is 11.5 Å². The van der Waals surface area contributed by atoms with Crippen molar-refractivity contribution in [3.8, 4) is 11.5 Å². The molecule has 1 unspecified atom stereocenters. The second-order valence-corrected chi connectivity index (χ2v) is 8.33. The van der Waals surface area contributed by atoms with Gasteiger partial charge in [-0.1, -0.05) is 25.5 Å². The summed E-state index contributed by atoms with van der Waals surface area (Å²) >= 11 is 0. The highest BCUT2D eigenvalue weighted by Gasteiger charge is 2.27. The zero-order valence-corrected chi connectivity index (χ0v) is 18.1. The summed E-state index contributed by atoms with van der Waals surface area (Å²) in [6.45, 7) is 2.51. The van der Waals surface area contributed by atoms with E-state index in [0.717, 1.165) is 25.0 Å². The first-order valence-corrected chi connectivity index (χ1v) is 11.1. The number of nitrogens with one attached hydrogen (secondary N) is 2. The van der Waals surface area contributed by atoms with Gasteiger partial charge in [0.1, 0.15) is 5.82 Å². The van der Waals surface area contributed by atoms with E-state index in [2.05, 4.69) is 10.0 Å². The zero-order valence-electron chi connectivity index (χ0n) is 17.3. The van der Waals surface area contributed by atoms with E-state index in [9.17, 15) is 17.6 Å². The van der Waals surface area contributed by atoms with E-state index in [1.54, 1.807) is 18.2 Å². The largest absolute Gasteiger partial charge is 0.493 e. The van der Waals surface area contributed by atoms with E-state index < -0.39 is 21.9 Å². The van der Waals surface area contributed by atoms with Crippen molar-refractivity contribution in [1.82, 2.24) is 10.0 Å². The van der Waals surface area contributed by atoms with E-state index in [-0.39, 0.29) is 17.2 Å². The van der Waals surface area contributed by atoms with Crippen LogP contribution in [0.15, 0.2) is 47.4 Å². The molecule has 2 N–H and O–H groups in total. The Balaban J connectivity index is 2.39. The van der Waals surface area contributed by atoms with Gasteiger partial charge in [-0.25, -0.2) is 17.5 Å². The summed E-state index contributed by atoms with van der Waals surface area (Å²) < 4.78 is 52.2. The Morgan fingerprint density at radius 3 is 2.40 bits per heavy atom. The van der Waals surface area contributed by atoms with E-state index in [1.165, 1.54) is 26.4 Å². The molecule has 7 nitrogen and oxygen atoms in total. The monoisotopic (exact) mass is 438 g/mol. The van der Waals surface area contributed by atoms with Crippen LogP contribution >= 0.6 is 0 Å². The molecule has 0 bridgehead atoms. The molecule has 2 rings (SSSR count). The minimum Gasteiger partial charge on any atom is -0.493 e. The molecule has 164 valence electrons. The fraction of sp³-hybridized carbons (Fsp3) is 0.381. The van der Waals surface area contributed by atoms with Crippen molar-refractivity contribution in [3.05, 3.63) is 53.8 Å². The number of amides is 1. The number of rotatable bonds is 11. The number of hydrogen-bond acceptors (Lipinski definition) is 5. The summed E-state index contributed by atoms with van der Waals surface area (Å²) in [5.74, 6) is -0.115. The number of halogens is 1. The molecule has 0 spiro atoms. The quantitative estimate of drug-likeness (QED) is 0.526. The fourth-order valence-corrected chi connectivity index (χ4v) is 4.15. The highest BCUT2D eigenvalue weighted by atomic mass is 32.2. The first-order valence-electron chi connectivity index (χ1n) is 9.57. The number of ether oxygens (including phenoxy) is 2. The minimum atomic E-state index is -4.03. The van der Waals surface area contributed by atoms with Crippen molar-refractivity contribution >= 4 is 15.9 Å². The number of carbonyl (C=O) groups excluding carboxylic acids is 1. The third kappa shape index (κ3) is 6.17. The number of carbonyl (C=O) groups is 1. The van der Waals surface area contributed by atoms with Gasteiger partial charge in [0.2, 0.25) is 15.9 Å². The Hall–Kier alpha value is -2.65. The van der Waals surface area contributed by atoms with Crippen LogP contribution in [-0.4, -0.2) is 35.1 Å². The van der Waals surface area contributed by atoms with Gasteiger partial charge in [0.25, 0.3) is 0 Å². The van der Waals surface area contributed by atoms with E-state index in [4.69, 9.17) is 9.47 Å². The molecule has 1 atom stereocenters. The molecular formula is C21H27FN2O5S. The topological polar surface area (TPSA) is 93.7 Å². The Bertz CT molecular complexity index is 948. The Kier molecular flexibility index (Phi) is 8.61. The minimum absolute atomic E-state index is 0.109. The van der Waals surface area contributed by atoms with Crippen molar-refractivity contribution < 1.29 is 27.1 Å². The second kappa shape index (κ2) is 10.9. The fourth-order valence-electron chi connectivity index (χ4n) is 2.93. The van der Waals surface area contributed by atoms with Crippen LogP contribution in [0.25, 0.3) is 0 Å². The molecule has 0 aliphatic heterocycles. The van der Waals surface area contributed by atoms with E-state index >= 15 is 0 Å². The summed E-state index contributed by atoms with van der Waals surface area (Å²) in [4.78, 5) is 12.3. The van der Waals surface area contributed by atoms with Gasteiger partial charge in [-0.2, -0.15) is 0 Å². The van der Waals surface area contributed by atoms with Crippen LogP contribution in [0.1, 0.15) is 37.8 Å². The smallest absolute Gasteiger partial charge is 0.241 e. The molecule has 1 amide bonds. The maximum Gasteiger partial charge on any atom is 0.241 e. The predicted molar refractivity (Wildman–Crippen MR) is 112 cm³/mol. The highest BCUT2D eigenvalue weighted by Crippen LogP contribution is 2.36. The molecule has 0 radical (unpaired) electrons. The third-order valence-electron chi connectivity index (χ3n) is 4.47. The molecule has 0 saturated heterocycles.